The molecule has 0 fully saturated rings. The highest BCUT2D eigenvalue weighted by molar-refractivity contribution is 6.96. The van der Waals surface area contributed by atoms with Crippen molar-refractivity contribution in [3.63, 3.8) is 0 Å². The number of rotatable bonds is 42. The lowest BCUT2D eigenvalue weighted by molar-refractivity contribution is 0.250. The van der Waals surface area contributed by atoms with Gasteiger partial charge in [-0.25, -0.2) is 0 Å². The molecule has 0 aliphatic heterocycles. The van der Waals surface area contributed by atoms with Crippen LogP contribution in [0.1, 0.15) is 5.56 Å². The number of hydrogen-bond acceptors (Lipinski definition) is 20. The van der Waals surface area contributed by atoms with E-state index in [2.05, 4.69) is 306 Å². The first-order valence-electron chi connectivity index (χ1n) is 32.3. The Morgan fingerprint density at radius 3 is 0.418 bits per heavy atom. The van der Waals surface area contributed by atoms with Crippen LogP contribution in [-0.4, -0.2) is 179 Å². The van der Waals surface area contributed by atoms with Crippen LogP contribution in [0.2, 0.25) is 282 Å². The maximum atomic E-state index is 6.98. The Morgan fingerprint density at radius 1 is 0.165 bits per heavy atom. The molecule has 0 heterocycles. The third kappa shape index (κ3) is 41.6. The minimum atomic E-state index is -2.88. The van der Waals surface area contributed by atoms with Crippen LogP contribution in [-0.2, 0) is 88.3 Å². The molecule has 0 saturated heterocycles. The summed E-state index contributed by atoms with van der Waals surface area (Å²) in [7, 11) is -56.7. The maximum Gasteiger partial charge on any atom is 0.314 e. The van der Waals surface area contributed by atoms with E-state index in [-0.39, 0.29) is 0 Å². The molecule has 20 nitrogen and oxygen atoms in total. The zero-order valence-corrected chi connectivity index (χ0v) is 86.8. The molecule has 0 aliphatic carbocycles. The van der Waals surface area contributed by atoms with Gasteiger partial charge in [-0.3, -0.25) is 0 Å². The molecular formula is C50H136O20Si21. The Balaban J connectivity index is 2.99. The van der Waals surface area contributed by atoms with Crippen molar-refractivity contribution >= 4 is 179 Å². The van der Waals surface area contributed by atoms with Gasteiger partial charge in [0.1, 0.15) is 0 Å². The predicted octanol–water partition coefficient (Wildman–Crippen LogP) is 17.5. The smallest absolute Gasteiger partial charge is 0.314 e. The van der Waals surface area contributed by atoms with Crippen LogP contribution in [0.15, 0.2) is 30.3 Å². The largest absolute Gasteiger partial charge is 0.437 e. The van der Waals surface area contributed by atoms with Crippen LogP contribution in [0.5, 0.6) is 0 Å². The first kappa shape index (κ1) is 92.0. The van der Waals surface area contributed by atoms with Crippen LogP contribution in [0.4, 0.5) is 0 Å². The summed E-state index contributed by atoms with van der Waals surface area (Å²) in [5.41, 5.74) is 1.29. The molecule has 0 aliphatic rings. The van der Waals surface area contributed by atoms with E-state index in [0.29, 0.717) is 0 Å². The zero-order valence-electron chi connectivity index (χ0n) is 65.8. The van der Waals surface area contributed by atoms with Crippen molar-refractivity contribution < 1.29 is 82.3 Å². The van der Waals surface area contributed by atoms with Crippen LogP contribution < -0.4 is 0 Å². The first-order chi connectivity index (χ1) is 39.2. The van der Waals surface area contributed by atoms with Crippen molar-refractivity contribution in [2.75, 3.05) is 0 Å². The highest BCUT2D eigenvalue weighted by atomic mass is 28.6. The predicted molar refractivity (Wildman–Crippen MR) is 425 cm³/mol. The molecule has 91 heavy (non-hydrogen) atoms. The van der Waals surface area contributed by atoms with Gasteiger partial charge >= 0.3 is 163 Å². The average Bonchev–Trinajstić information content (AvgIpc) is 0.835. The Morgan fingerprint density at radius 2 is 0.286 bits per heavy atom. The van der Waals surface area contributed by atoms with Gasteiger partial charge in [-0.1, -0.05) is 30.3 Å². The maximum absolute atomic E-state index is 6.98. The number of benzene rings is 1. The van der Waals surface area contributed by atoms with Crippen molar-refractivity contribution in [2.45, 2.75) is 288 Å². The van der Waals surface area contributed by atoms with Crippen LogP contribution >= 0.6 is 0 Å². The van der Waals surface area contributed by atoms with Gasteiger partial charge in [0.25, 0.3) is 0 Å². The van der Waals surface area contributed by atoms with Gasteiger partial charge in [0, 0.05) is 0 Å². The molecule has 1 aromatic rings. The fraction of sp³-hybridized carbons (Fsp3) is 0.880. The minimum Gasteiger partial charge on any atom is -0.437 e. The van der Waals surface area contributed by atoms with Gasteiger partial charge in [-0.05, 0) is 293 Å². The highest BCUT2D eigenvalue weighted by Crippen LogP contribution is 2.35. The molecular weight excluding hydrogens is 1510 g/mol. The van der Waals surface area contributed by atoms with Crippen molar-refractivity contribution in [1.29, 1.82) is 0 Å². The van der Waals surface area contributed by atoms with Gasteiger partial charge in [0.15, 0.2) is 16.6 Å². The molecule has 0 aromatic heterocycles. The summed E-state index contributed by atoms with van der Waals surface area (Å²) in [6, 6.07) is 11.5. The normalized spacial score (nSPS) is 15.9. The Hall–Kier alpha value is 2.97. The van der Waals surface area contributed by atoms with Crippen molar-refractivity contribution in [1.82, 2.24) is 0 Å². The molecule has 1 rings (SSSR count). The first-order valence-corrected chi connectivity index (χ1v) is 92.3. The summed E-state index contributed by atoms with van der Waals surface area (Å²) in [6.07, 6.45) is 0. The lowest BCUT2D eigenvalue weighted by Crippen LogP contribution is -2.63. The summed E-state index contributed by atoms with van der Waals surface area (Å²) in [5, 5.41) is 0. The van der Waals surface area contributed by atoms with Crippen LogP contribution in [0.25, 0.3) is 0 Å². The van der Waals surface area contributed by atoms with Gasteiger partial charge < -0.3 is 82.3 Å². The molecule has 0 atom stereocenters. The van der Waals surface area contributed by atoms with Crippen LogP contribution in [0, 0.1) is 0 Å². The quantitative estimate of drug-likeness (QED) is 0.0562. The Kier molecular flexibility index (Phi) is 31.9. The average molecular weight is 1650 g/mol. The van der Waals surface area contributed by atoms with E-state index in [0.717, 1.165) is 6.04 Å². The lowest BCUT2D eigenvalue weighted by atomic mass is 10.2. The second-order valence-electron chi connectivity index (χ2n) is 34.2. The van der Waals surface area contributed by atoms with E-state index >= 15 is 0 Å². The van der Waals surface area contributed by atoms with Crippen molar-refractivity contribution in [2.24, 2.45) is 0 Å². The van der Waals surface area contributed by atoms with E-state index in [1.165, 1.54) is 5.56 Å². The van der Waals surface area contributed by atoms with Crippen molar-refractivity contribution in [3.05, 3.63) is 35.9 Å². The summed E-state index contributed by atoms with van der Waals surface area (Å²) < 4.78 is 138. The van der Waals surface area contributed by atoms with E-state index in [1.54, 1.807) is 0 Å². The summed E-state index contributed by atoms with van der Waals surface area (Å²) in [6.45, 7) is 89.9. The molecule has 1 aromatic carbocycles. The minimum absolute atomic E-state index is 0.920. The van der Waals surface area contributed by atoms with Gasteiger partial charge in [-0.15, -0.1) is 0 Å². The van der Waals surface area contributed by atoms with Gasteiger partial charge in [-0.2, -0.15) is 0 Å². The van der Waals surface area contributed by atoms with E-state index in [9.17, 15) is 0 Å². The molecule has 0 unspecified atom stereocenters. The second kappa shape index (κ2) is 31.5. The molecule has 41 heteroatoms. The zero-order chi connectivity index (χ0) is 72.5. The molecule has 540 valence electrons. The third-order valence-electron chi connectivity index (χ3n) is 11.4. The fourth-order valence-electron chi connectivity index (χ4n) is 13.6. The topological polar surface area (TPSA) is 185 Å². The van der Waals surface area contributed by atoms with Crippen molar-refractivity contribution in [3.8, 4) is 0 Å². The van der Waals surface area contributed by atoms with E-state index < -0.39 is 179 Å². The van der Waals surface area contributed by atoms with Gasteiger partial charge in [0.2, 0.25) is 0 Å². The SMILES string of the molecule is C[Si](C)(C)O[Si](C)(C)O[Si](C)(C)O[Si](C)(C)O[Si](C)(C)O[Si](C)(C)O[Si](C)(C)O[Si](C)(C)O[Si](C)(C)O[Si](C)(C)O[Si](C)(C)O[Si](C)(C)O[Si](C)(C)O[Si](C)(C)O[Si](C)(C)O[Si](C)(C)O[Si](C)(C)O[Si](C)(C)O[Si](C)(C)O[Si](C)(C)O[Si](C)(C)Cc1ccccc1. The third-order valence-corrected chi connectivity index (χ3v) is 92.0. The van der Waals surface area contributed by atoms with Crippen LogP contribution in [0.3, 0.4) is 0 Å². The molecule has 0 spiro atoms. The Labute approximate surface area is 580 Å². The van der Waals surface area contributed by atoms with E-state index in [1.807, 2.05) is 6.07 Å². The molecule has 0 saturated carbocycles. The molecule has 0 amide bonds. The van der Waals surface area contributed by atoms with E-state index in [4.69, 9.17) is 82.3 Å². The molecule has 0 N–H and O–H groups in total. The summed E-state index contributed by atoms with van der Waals surface area (Å²) in [4.78, 5) is 0. The molecule has 0 bridgehead atoms. The fourth-order valence-corrected chi connectivity index (χ4v) is 122. The summed E-state index contributed by atoms with van der Waals surface area (Å²) >= 11 is 0. The van der Waals surface area contributed by atoms with Gasteiger partial charge in [0.05, 0.1) is 0 Å². The monoisotopic (exact) mass is 1640 g/mol. The molecule has 0 radical (unpaired) electrons. The lowest BCUT2D eigenvalue weighted by Gasteiger charge is -2.45. The Bertz CT molecular complexity index is 2460. The second-order valence-corrected chi connectivity index (χ2v) is 112. The number of hydrogen-bond donors (Lipinski definition) is 0. The standard InChI is InChI=1S/C50H136O20Si21/c1-71(2,3)51-73(6,7)53-75(10,11)55-77(14,15)57-79(18,19)59-81(22,23)61-83(26,27)63-85(30,31)65-87(34,35)67-89(38,39)69-91(42,43)70-90(40,41)68-88(36,37)66-86(32,33)64-84(28,29)62-82(24,25)60-80(20,21)58-78(16,17)56-76(12,13)54-74(8,9)52-72(4,5)49-50-47-45-44-46-48-50/h44-48H,49H2,1-43H3. The summed E-state index contributed by atoms with van der Waals surface area (Å²) in [5.74, 6) is 0. The highest BCUT2D eigenvalue weighted by Gasteiger charge is 2.55.